The van der Waals surface area contributed by atoms with Gasteiger partial charge in [-0.15, -0.1) is 0 Å². The summed E-state index contributed by atoms with van der Waals surface area (Å²) in [4.78, 5) is 0. The molecule has 0 spiro atoms. The van der Waals surface area contributed by atoms with Crippen LogP contribution >= 0.6 is 28.4 Å². The molecule has 2 heteroatoms. The number of halogens is 1. The highest BCUT2D eigenvalue weighted by atomic mass is 127. The van der Waals surface area contributed by atoms with E-state index in [1.165, 1.54) is 31.4 Å². The molecule has 1 fully saturated rings. The van der Waals surface area contributed by atoms with Gasteiger partial charge < -0.3 is 0 Å². The number of rotatable bonds is 3. The van der Waals surface area contributed by atoms with E-state index in [-0.39, 0.29) is 7.20 Å². The Morgan fingerprint density at radius 2 is 2.27 bits per heavy atom. The molecule has 0 radical (unpaired) electrons. The lowest BCUT2D eigenvalue weighted by molar-refractivity contribution is 0.834. The summed E-state index contributed by atoms with van der Waals surface area (Å²) >= 11 is 2.80. The maximum Gasteiger partial charge on any atom is -0.00570 e. The summed E-state index contributed by atoms with van der Waals surface area (Å²) in [6.45, 7) is 4.77. The van der Waals surface area contributed by atoms with E-state index in [0.29, 0.717) is 0 Å². The molecular formula is C9H19IS. The molecule has 0 aromatic carbocycles. The third-order valence-electron chi connectivity index (χ3n) is 2.65. The number of unbranched alkanes of at least 4 members (excludes halogenated alkanes) is 1. The zero-order valence-electron chi connectivity index (χ0n) is 7.61. The lowest BCUT2D eigenvalue weighted by Crippen LogP contribution is -2.07. The highest BCUT2D eigenvalue weighted by molar-refractivity contribution is 14.2. The van der Waals surface area contributed by atoms with E-state index in [4.69, 9.17) is 0 Å². The molecule has 0 saturated carbocycles. The summed E-state index contributed by atoms with van der Waals surface area (Å²) in [6, 6.07) is 0. The van der Waals surface area contributed by atoms with E-state index < -0.39 is 0 Å². The smallest absolute Gasteiger partial charge is 0.00570 e. The van der Waals surface area contributed by atoms with Crippen LogP contribution in [0.3, 0.4) is 0 Å². The van der Waals surface area contributed by atoms with Gasteiger partial charge in [-0.25, -0.2) is 0 Å². The largest absolute Gasteiger partial charge is 0.185 e. The summed E-state index contributed by atoms with van der Waals surface area (Å²) in [6.07, 6.45) is 5.85. The van der Waals surface area contributed by atoms with Crippen LogP contribution in [0.1, 0.15) is 39.5 Å². The minimum absolute atomic E-state index is 0.175. The Morgan fingerprint density at radius 1 is 1.55 bits per heavy atom. The second-order valence-corrected chi connectivity index (χ2v) is 12.1. The Kier molecular flexibility index (Phi) is 4.02. The third-order valence-corrected chi connectivity index (χ3v) is 11.5. The zero-order chi connectivity index (χ0) is 8.32. The molecule has 0 nitrogen and oxygen atoms in total. The lowest BCUT2D eigenvalue weighted by Gasteiger charge is -2.33. The Balaban J connectivity index is 2.38. The fourth-order valence-corrected chi connectivity index (χ4v) is 7.35. The molecule has 68 valence electrons. The van der Waals surface area contributed by atoms with Crippen molar-refractivity contribution in [3.63, 3.8) is 0 Å². The van der Waals surface area contributed by atoms with Crippen molar-refractivity contribution in [3.8, 4) is 0 Å². The molecule has 2 atom stereocenters. The van der Waals surface area contributed by atoms with Crippen molar-refractivity contribution < 1.29 is 0 Å². The van der Waals surface area contributed by atoms with E-state index in [2.05, 4.69) is 35.1 Å². The van der Waals surface area contributed by atoms with Gasteiger partial charge >= 0.3 is 0 Å². The molecule has 1 rings (SSSR count). The topological polar surface area (TPSA) is 0 Å². The number of hydrogen-bond donors (Lipinski definition) is 0. The first-order valence-corrected chi connectivity index (χ1v) is 9.24. The van der Waals surface area contributed by atoms with Crippen LogP contribution in [-0.2, 0) is 0 Å². The lowest BCUT2D eigenvalue weighted by atomic mass is 10.3. The first kappa shape index (κ1) is 10.2. The Bertz CT molecular complexity index is 127. The average molecular weight is 286 g/mol. The van der Waals surface area contributed by atoms with Gasteiger partial charge in [-0.3, -0.25) is 0 Å². The van der Waals surface area contributed by atoms with Crippen molar-refractivity contribution in [2.24, 2.45) is 0 Å². The van der Waals surface area contributed by atoms with Gasteiger partial charge in [0.2, 0.25) is 0 Å². The minimum atomic E-state index is -0.175. The van der Waals surface area contributed by atoms with E-state index >= 15 is 0 Å². The monoisotopic (exact) mass is 286 g/mol. The van der Waals surface area contributed by atoms with Crippen molar-refractivity contribution in [1.29, 1.82) is 0 Å². The predicted molar refractivity (Wildman–Crippen MR) is 64.9 cm³/mol. The maximum absolute atomic E-state index is 2.80. The van der Waals surface area contributed by atoms with E-state index in [0.717, 1.165) is 5.25 Å². The molecule has 1 heterocycles. The van der Waals surface area contributed by atoms with Crippen molar-refractivity contribution in [3.05, 3.63) is 0 Å². The van der Waals surface area contributed by atoms with Crippen LogP contribution in [-0.4, -0.2) is 16.8 Å². The van der Waals surface area contributed by atoms with Gasteiger partial charge in [-0.05, 0) is 57.2 Å². The molecule has 0 N–H and O–H groups in total. The first-order valence-electron chi connectivity index (χ1n) is 4.66. The quantitative estimate of drug-likeness (QED) is 0.684. The Hall–Kier alpha value is 1.08. The van der Waals surface area contributed by atoms with Gasteiger partial charge in [-0.1, -0.05) is 20.3 Å². The molecule has 0 aliphatic carbocycles. The summed E-state index contributed by atoms with van der Waals surface area (Å²) in [7, 11) is -0.175. The van der Waals surface area contributed by atoms with Crippen LogP contribution in [0, 0.1) is 0 Å². The highest BCUT2D eigenvalue weighted by Gasteiger charge is 2.31. The predicted octanol–water partition coefficient (Wildman–Crippen LogP) is 4.12. The van der Waals surface area contributed by atoms with Crippen LogP contribution in [0.5, 0.6) is 0 Å². The standard InChI is InChI=1S/C9H19IS/c1-3-4-7-11(10)8-5-6-9(11)2/h9H,3-8H2,1-2H3. The zero-order valence-corrected chi connectivity index (χ0v) is 10.6. The fourth-order valence-electron chi connectivity index (χ4n) is 1.71. The van der Waals surface area contributed by atoms with Crippen LogP contribution in [0.25, 0.3) is 0 Å². The minimum Gasteiger partial charge on any atom is -0.185 e. The Labute approximate surface area is 84.4 Å². The summed E-state index contributed by atoms with van der Waals surface area (Å²) in [5.74, 6) is 3.08. The normalized spacial score (nSPS) is 43.7. The van der Waals surface area contributed by atoms with E-state index in [1.807, 2.05) is 0 Å². The molecule has 0 amide bonds. The summed E-state index contributed by atoms with van der Waals surface area (Å²) < 4.78 is 0. The molecule has 0 bridgehead atoms. The van der Waals surface area contributed by atoms with Gasteiger partial charge in [0.15, 0.2) is 0 Å². The summed E-state index contributed by atoms with van der Waals surface area (Å²) in [5, 5.41) is 1.05. The van der Waals surface area contributed by atoms with E-state index in [9.17, 15) is 0 Å². The highest BCUT2D eigenvalue weighted by Crippen LogP contribution is 2.66. The van der Waals surface area contributed by atoms with Gasteiger partial charge in [0.05, 0.1) is 0 Å². The second kappa shape index (κ2) is 4.35. The van der Waals surface area contributed by atoms with Crippen molar-refractivity contribution in [2.75, 3.05) is 11.5 Å². The Morgan fingerprint density at radius 3 is 2.73 bits per heavy atom. The van der Waals surface area contributed by atoms with Crippen LogP contribution in [0.2, 0.25) is 0 Å². The molecule has 11 heavy (non-hydrogen) atoms. The first-order chi connectivity index (χ1) is 5.19. The molecular weight excluding hydrogens is 267 g/mol. The summed E-state index contributed by atoms with van der Waals surface area (Å²) in [5.41, 5.74) is 0. The van der Waals surface area contributed by atoms with Crippen molar-refractivity contribution in [2.45, 2.75) is 44.8 Å². The van der Waals surface area contributed by atoms with Crippen LogP contribution in [0.15, 0.2) is 0 Å². The van der Waals surface area contributed by atoms with Crippen LogP contribution in [0.4, 0.5) is 0 Å². The molecule has 0 aromatic heterocycles. The third kappa shape index (κ3) is 2.51. The molecule has 1 aliphatic rings. The molecule has 2 unspecified atom stereocenters. The SMILES string of the molecule is CCCCS1(I)CCCC1C. The molecule has 1 aliphatic heterocycles. The van der Waals surface area contributed by atoms with Crippen LogP contribution < -0.4 is 0 Å². The van der Waals surface area contributed by atoms with Gasteiger partial charge in [0.25, 0.3) is 0 Å². The number of hydrogen-bond acceptors (Lipinski definition) is 0. The molecule has 1 saturated heterocycles. The van der Waals surface area contributed by atoms with Gasteiger partial charge in [0, 0.05) is 0 Å². The van der Waals surface area contributed by atoms with Crippen molar-refractivity contribution in [1.82, 2.24) is 0 Å². The average Bonchev–Trinajstić information content (AvgIpc) is 2.30. The molecule has 0 aromatic rings. The van der Waals surface area contributed by atoms with Gasteiger partial charge in [0.1, 0.15) is 0 Å². The fraction of sp³-hybridized carbons (Fsp3) is 1.00. The maximum atomic E-state index is 2.80. The van der Waals surface area contributed by atoms with Crippen molar-refractivity contribution >= 4 is 28.4 Å². The second-order valence-electron chi connectivity index (χ2n) is 3.56. The van der Waals surface area contributed by atoms with E-state index in [1.54, 1.807) is 5.75 Å². The van der Waals surface area contributed by atoms with Gasteiger partial charge in [-0.2, -0.15) is 7.20 Å².